The van der Waals surface area contributed by atoms with Crippen molar-refractivity contribution in [2.24, 2.45) is 0 Å². The smallest absolute Gasteiger partial charge is 0.200 e. The van der Waals surface area contributed by atoms with Crippen LogP contribution in [0.4, 0.5) is 8.78 Å². The monoisotopic (exact) mass is 326 g/mol. The Balaban J connectivity index is 2.02. The van der Waals surface area contributed by atoms with Gasteiger partial charge in [-0.25, -0.2) is 8.78 Å². The molecule has 0 aromatic heterocycles. The molecule has 0 fully saturated rings. The maximum Gasteiger partial charge on any atom is 0.200 e. The van der Waals surface area contributed by atoms with Crippen LogP contribution in [-0.2, 0) is 0 Å². The molecule has 2 aromatic carbocycles. The molecule has 98 valence electrons. The number of carbonyl (C=O) groups is 1. The van der Waals surface area contributed by atoms with Gasteiger partial charge in [-0.3, -0.25) is 4.79 Å². The van der Waals surface area contributed by atoms with Crippen molar-refractivity contribution in [2.45, 2.75) is 0 Å². The molecule has 0 heterocycles. The number of ether oxygens (including phenoxy) is 1. The van der Waals surface area contributed by atoms with Gasteiger partial charge in [0.05, 0.1) is 4.47 Å². The van der Waals surface area contributed by atoms with Gasteiger partial charge in [0.1, 0.15) is 17.4 Å². The Kier molecular flexibility index (Phi) is 4.27. The summed E-state index contributed by atoms with van der Waals surface area (Å²) >= 11 is 3.02. The van der Waals surface area contributed by atoms with Crippen molar-refractivity contribution in [3.05, 3.63) is 64.1 Å². The first-order valence-electron chi connectivity index (χ1n) is 5.43. The number of rotatable bonds is 4. The maximum absolute atomic E-state index is 13.0. The molecule has 0 saturated carbocycles. The zero-order valence-electron chi connectivity index (χ0n) is 9.70. The van der Waals surface area contributed by atoms with E-state index in [0.717, 1.165) is 6.07 Å². The number of hydrogen-bond donors (Lipinski definition) is 0. The van der Waals surface area contributed by atoms with Gasteiger partial charge in [0.2, 0.25) is 0 Å². The van der Waals surface area contributed by atoms with Gasteiger partial charge in [-0.2, -0.15) is 0 Å². The van der Waals surface area contributed by atoms with Gasteiger partial charge in [0.25, 0.3) is 0 Å². The molecule has 2 rings (SSSR count). The minimum atomic E-state index is -0.477. The summed E-state index contributed by atoms with van der Waals surface area (Å²) in [5, 5.41) is 0. The van der Waals surface area contributed by atoms with Crippen molar-refractivity contribution >= 4 is 21.7 Å². The topological polar surface area (TPSA) is 26.3 Å². The Morgan fingerprint density at radius 2 is 1.95 bits per heavy atom. The lowest BCUT2D eigenvalue weighted by Crippen LogP contribution is -2.11. The molecule has 0 spiro atoms. The van der Waals surface area contributed by atoms with E-state index in [-0.39, 0.29) is 22.4 Å². The molecule has 0 radical (unpaired) electrons. The molecule has 0 aliphatic rings. The third kappa shape index (κ3) is 3.61. The molecule has 0 unspecified atom stereocenters. The van der Waals surface area contributed by atoms with Gasteiger partial charge in [-0.1, -0.05) is 12.1 Å². The van der Waals surface area contributed by atoms with Crippen LogP contribution in [0.15, 0.2) is 46.9 Å². The molecule has 5 heteroatoms. The van der Waals surface area contributed by atoms with Gasteiger partial charge in [-0.05, 0) is 46.3 Å². The second-order valence-corrected chi connectivity index (χ2v) is 4.65. The molecule has 0 atom stereocenters. The Hall–Kier alpha value is -1.75. The lowest BCUT2D eigenvalue weighted by molar-refractivity contribution is 0.0921. The molecule has 0 bridgehead atoms. The molecule has 0 saturated heterocycles. The van der Waals surface area contributed by atoms with Crippen LogP contribution in [0, 0.1) is 11.6 Å². The zero-order chi connectivity index (χ0) is 13.8. The van der Waals surface area contributed by atoms with Crippen LogP contribution < -0.4 is 4.74 Å². The Labute approximate surface area is 117 Å². The fourth-order valence-corrected chi connectivity index (χ4v) is 1.82. The van der Waals surface area contributed by atoms with Crippen LogP contribution in [0.2, 0.25) is 0 Å². The van der Waals surface area contributed by atoms with Gasteiger partial charge < -0.3 is 4.74 Å². The third-order valence-corrected chi connectivity index (χ3v) is 3.02. The average Bonchev–Trinajstić information content (AvgIpc) is 2.40. The van der Waals surface area contributed by atoms with Crippen LogP contribution >= 0.6 is 15.9 Å². The minimum Gasteiger partial charge on any atom is -0.485 e. The minimum absolute atomic E-state index is 0.235. The van der Waals surface area contributed by atoms with Crippen LogP contribution in [-0.4, -0.2) is 12.4 Å². The summed E-state index contributed by atoms with van der Waals surface area (Å²) in [6.07, 6.45) is 0. The highest BCUT2D eigenvalue weighted by molar-refractivity contribution is 9.10. The molecule has 2 nitrogen and oxygen atoms in total. The second-order valence-electron chi connectivity index (χ2n) is 3.80. The predicted molar refractivity (Wildman–Crippen MR) is 70.3 cm³/mol. The molecule has 19 heavy (non-hydrogen) atoms. The summed E-state index contributed by atoms with van der Waals surface area (Å²) in [6, 6.07) is 9.44. The van der Waals surface area contributed by atoms with Crippen molar-refractivity contribution < 1.29 is 18.3 Å². The quantitative estimate of drug-likeness (QED) is 0.794. The lowest BCUT2D eigenvalue weighted by atomic mass is 10.1. The van der Waals surface area contributed by atoms with E-state index in [1.807, 2.05) is 0 Å². The molecule has 2 aromatic rings. The molecule has 0 N–H and O–H groups in total. The highest BCUT2D eigenvalue weighted by Crippen LogP contribution is 2.21. The Morgan fingerprint density at radius 3 is 2.63 bits per heavy atom. The van der Waals surface area contributed by atoms with Gasteiger partial charge in [0, 0.05) is 5.56 Å². The van der Waals surface area contributed by atoms with E-state index < -0.39 is 11.6 Å². The standard InChI is InChI=1S/C14H9BrF2O2/c15-12-7-11(4-5-13(12)17)19-8-14(18)9-2-1-3-10(16)6-9/h1-7H,8H2. The SMILES string of the molecule is O=C(COc1ccc(F)c(Br)c1)c1cccc(F)c1. The first-order chi connectivity index (χ1) is 9.06. The largest absolute Gasteiger partial charge is 0.485 e. The lowest BCUT2D eigenvalue weighted by Gasteiger charge is -2.06. The number of hydrogen-bond acceptors (Lipinski definition) is 2. The Bertz CT molecular complexity index is 614. The Morgan fingerprint density at radius 1 is 1.16 bits per heavy atom. The predicted octanol–water partition coefficient (Wildman–Crippen LogP) is 3.99. The fourth-order valence-electron chi connectivity index (χ4n) is 1.46. The van der Waals surface area contributed by atoms with Crippen molar-refractivity contribution in [1.82, 2.24) is 0 Å². The van der Waals surface area contributed by atoms with E-state index in [2.05, 4.69) is 15.9 Å². The summed E-state index contributed by atoms with van der Waals surface area (Å²) in [5.74, 6) is -0.878. The van der Waals surface area contributed by atoms with Gasteiger partial charge in [-0.15, -0.1) is 0 Å². The van der Waals surface area contributed by atoms with Gasteiger partial charge >= 0.3 is 0 Å². The van der Waals surface area contributed by atoms with E-state index in [4.69, 9.17) is 4.74 Å². The summed E-state index contributed by atoms with van der Waals surface area (Å²) in [7, 11) is 0. The van der Waals surface area contributed by atoms with E-state index in [1.54, 1.807) is 0 Å². The van der Waals surface area contributed by atoms with E-state index in [1.165, 1.54) is 36.4 Å². The second kappa shape index (κ2) is 5.93. The molecular weight excluding hydrogens is 318 g/mol. The van der Waals surface area contributed by atoms with Crippen LogP contribution in [0.1, 0.15) is 10.4 Å². The first-order valence-corrected chi connectivity index (χ1v) is 6.22. The molecular formula is C14H9BrF2O2. The number of halogens is 3. The van der Waals surface area contributed by atoms with Gasteiger partial charge in [0.15, 0.2) is 12.4 Å². The van der Waals surface area contributed by atoms with Crippen molar-refractivity contribution in [1.29, 1.82) is 0 Å². The third-order valence-electron chi connectivity index (χ3n) is 2.41. The summed E-state index contributed by atoms with van der Waals surface area (Å²) in [4.78, 5) is 11.7. The highest BCUT2D eigenvalue weighted by Gasteiger charge is 2.08. The number of Topliss-reactive ketones (excluding diaryl/α,β-unsaturated/α-hetero) is 1. The maximum atomic E-state index is 13.0. The summed E-state index contributed by atoms with van der Waals surface area (Å²) in [6.45, 7) is -0.235. The molecule has 0 amide bonds. The van der Waals surface area contributed by atoms with Crippen LogP contribution in [0.5, 0.6) is 5.75 Å². The number of carbonyl (C=O) groups excluding carboxylic acids is 1. The summed E-state index contributed by atoms with van der Waals surface area (Å²) in [5.41, 5.74) is 0.237. The van der Waals surface area contributed by atoms with Crippen molar-refractivity contribution in [3.8, 4) is 5.75 Å². The van der Waals surface area contributed by atoms with Crippen molar-refractivity contribution in [3.63, 3.8) is 0 Å². The van der Waals surface area contributed by atoms with E-state index in [0.29, 0.717) is 5.75 Å². The molecule has 0 aliphatic carbocycles. The number of benzene rings is 2. The van der Waals surface area contributed by atoms with E-state index >= 15 is 0 Å². The van der Waals surface area contributed by atoms with Crippen molar-refractivity contribution in [2.75, 3.05) is 6.61 Å². The average molecular weight is 327 g/mol. The fraction of sp³-hybridized carbons (Fsp3) is 0.0714. The highest BCUT2D eigenvalue weighted by atomic mass is 79.9. The molecule has 0 aliphatic heterocycles. The zero-order valence-corrected chi connectivity index (χ0v) is 11.3. The van der Waals surface area contributed by atoms with Crippen LogP contribution in [0.25, 0.3) is 0 Å². The van der Waals surface area contributed by atoms with Crippen LogP contribution in [0.3, 0.4) is 0 Å². The first kappa shape index (κ1) is 13.7. The van der Waals surface area contributed by atoms with E-state index in [9.17, 15) is 13.6 Å². The normalized spacial score (nSPS) is 10.3. The number of ketones is 1. The summed E-state index contributed by atoms with van der Waals surface area (Å²) < 4.78 is 31.4.